The van der Waals surface area contributed by atoms with Crippen LogP contribution in [0, 0.1) is 5.92 Å². The average molecular weight is 300 g/mol. The monoisotopic (exact) mass is 300 g/mol. The summed E-state index contributed by atoms with van der Waals surface area (Å²) in [7, 11) is 0. The van der Waals surface area contributed by atoms with Gasteiger partial charge in [-0.15, -0.1) is 0 Å². The third kappa shape index (κ3) is 3.05. The molecule has 8 heteroatoms. The van der Waals surface area contributed by atoms with E-state index in [1.807, 2.05) is 6.92 Å². The number of carbonyl (C=O) groups excluding carboxylic acids is 1. The Morgan fingerprint density at radius 2 is 2.24 bits per heavy atom. The van der Waals surface area contributed by atoms with Gasteiger partial charge in [-0.2, -0.15) is 0 Å². The van der Waals surface area contributed by atoms with Crippen molar-refractivity contribution < 1.29 is 18.7 Å². The summed E-state index contributed by atoms with van der Waals surface area (Å²) in [5.41, 5.74) is -1.24. The number of alkyl halides is 1. The molecular formula is C13H17FN2O5. The SMILES string of the molecule is CC[C@H]1O[C@@H](n2ccc(=O)[nH]c2=O)[C@H](OC(C)=O)[C@@H]1CF. The third-order valence-corrected chi connectivity index (χ3v) is 3.50. The fraction of sp³-hybridized carbons (Fsp3) is 0.615. The number of nitrogens with zero attached hydrogens (tertiary/aromatic N) is 1. The first-order chi connectivity index (χ1) is 9.97. The van der Waals surface area contributed by atoms with E-state index in [4.69, 9.17) is 9.47 Å². The minimum absolute atomic E-state index is 0.469. The van der Waals surface area contributed by atoms with Crippen LogP contribution in [0.1, 0.15) is 26.5 Å². The predicted octanol–water partition coefficient (Wildman–Crippen LogP) is 0.361. The van der Waals surface area contributed by atoms with Gasteiger partial charge in [0.05, 0.1) is 18.7 Å². The molecule has 1 fully saturated rings. The maximum atomic E-state index is 13.3. The van der Waals surface area contributed by atoms with E-state index < -0.39 is 48.2 Å². The van der Waals surface area contributed by atoms with E-state index in [9.17, 15) is 18.8 Å². The first-order valence-electron chi connectivity index (χ1n) is 6.68. The highest BCUT2D eigenvalue weighted by Crippen LogP contribution is 2.37. The van der Waals surface area contributed by atoms with Crippen LogP contribution in [0.25, 0.3) is 0 Å². The number of aromatic nitrogens is 2. The summed E-state index contributed by atoms with van der Waals surface area (Å²) < 4.78 is 25.2. The maximum Gasteiger partial charge on any atom is 0.330 e. The van der Waals surface area contributed by atoms with Crippen molar-refractivity contribution >= 4 is 5.97 Å². The molecule has 1 aromatic heterocycles. The third-order valence-electron chi connectivity index (χ3n) is 3.50. The van der Waals surface area contributed by atoms with E-state index in [0.29, 0.717) is 6.42 Å². The number of nitrogens with one attached hydrogen (secondary N) is 1. The molecule has 0 saturated carbocycles. The number of halogens is 1. The minimum atomic E-state index is -0.955. The summed E-state index contributed by atoms with van der Waals surface area (Å²) in [4.78, 5) is 36.3. The Bertz CT molecular complexity index is 625. The zero-order valence-electron chi connectivity index (χ0n) is 11.7. The Morgan fingerprint density at radius 1 is 1.52 bits per heavy atom. The molecule has 0 aliphatic carbocycles. The highest BCUT2D eigenvalue weighted by atomic mass is 19.1. The van der Waals surface area contributed by atoms with Crippen molar-refractivity contribution in [3.8, 4) is 0 Å². The molecule has 1 aliphatic rings. The van der Waals surface area contributed by atoms with Crippen molar-refractivity contribution in [3.05, 3.63) is 33.1 Å². The molecule has 1 aliphatic heterocycles. The van der Waals surface area contributed by atoms with Crippen molar-refractivity contribution in [1.29, 1.82) is 0 Å². The Morgan fingerprint density at radius 3 is 2.76 bits per heavy atom. The zero-order chi connectivity index (χ0) is 15.6. The average Bonchev–Trinajstić information content (AvgIpc) is 2.75. The molecule has 1 saturated heterocycles. The molecule has 1 aromatic rings. The molecule has 0 bridgehead atoms. The number of rotatable bonds is 4. The molecule has 0 amide bonds. The van der Waals surface area contributed by atoms with Gasteiger partial charge in [0.15, 0.2) is 12.3 Å². The molecule has 0 spiro atoms. The van der Waals surface area contributed by atoms with Crippen molar-refractivity contribution in [3.63, 3.8) is 0 Å². The first-order valence-corrected chi connectivity index (χ1v) is 6.68. The molecule has 0 unspecified atom stereocenters. The van der Waals surface area contributed by atoms with E-state index >= 15 is 0 Å². The van der Waals surface area contributed by atoms with E-state index in [1.54, 1.807) is 0 Å². The summed E-state index contributed by atoms with van der Waals surface area (Å²) in [5, 5.41) is 0. The normalized spacial score (nSPS) is 28.5. The van der Waals surface area contributed by atoms with Gasteiger partial charge in [-0.05, 0) is 6.42 Å². The number of H-pyrrole nitrogens is 1. The molecule has 2 heterocycles. The summed E-state index contributed by atoms with van der Waals surface area (Å²) in [6, 6.07) is 1.15. The summed E-state index contributed by atoms with van der Waals surface area (Å²) in [6.45, 7) is 2.29. The van der Waals surface area contributed by atoms with Gasteiger partial charge in [0.1, 0.15) is 0 Å². The van der Waals surface area contributed by atoms with Gasteiger partial charge in [-0.25, -0.2) is 4.79 Å². The van der Waals surface area contributed by atoms with Crippen molar-refractivity contribution in [2.45, 2.75) is 38.7 Å². The lowest BCUT2D eigenvalue weighted by Gasteiger charge is -2.22. The van der Waals surface area contributed by atoms with Crippen LogP contribution >= 0.6 is 0 Å². The van der Waals surface area contributed by atoms with Crippen LogP contribution < -0.4 is 11.2 Å². The molecule has 2 rings (SSSR count). The molecule has 0 radical (unpaired) electrons. The number of carbonyl (C=O) groups is 1. The van der Waals surface area contributed by atoms with Gasteiger partial charge in [0.2, 0.25) is 0 Å². The molecular weight excluding hydrogens is 283 g/mol. The standard InChI is InChI=1S/C13H17FN2O5/c1-3-9-8(6-14)11(20-7(2)17)12(21-9)16-5-4-10(18)15-13(16)19/h4-5,8-9,11-12H,3,6H2,1-2H3,(H,15,18,19)/t8-,9-,11-,12-/m1/s1. The predicted molar refractivity (Wildman–Crippen MR) is 70.5 cm³/mol. The van der Waals surface area contributed by atoms with Crippen molar-refractivity contribution in [1.82, 2.24) is 9.55 Å². The lowest BCUT2D eigenvalue weighted by Crippen LogP contribution is -2.38. The second-order valence-electron chi connectivity index (χ2n) is 4.88. The molecule has 116 valence electrons. The number of aromatic amines is 1. The smallest absolute Gasteiger partial charge is 0.330 e. The minimum Gasteiger partial charge on any atom is -0.457 e. The maximum absolute atomic E-state index is 13.3. The van der Waals surface area contributed by atoms with Crippen LogP contribution in [0.5, 0.6) is 0 Å². The van der Waals surface area contributed by atoms with Gasteiger partial charge >= 0.3 is 11.7 Å². The van der Waals surface area contributed by atoms with Gasteiger partial charge in [0.25, 0.3) is 5.56 Å². The van der Waals surface area contributed by atoms with Crippen LogP contribution in [0.3, 0.4) is 0 Å². The lowest BCUT2D eigenvalue weighted by atomic mass is 9.97. The van der Waals surface area contributed by atoms with Gasteiger partial charge < -0.3 is 9.47 Å². The largest absolute Gasteiger partial charge is 0.457 e. The number of esters is 1. The van der Waals surface area contributed by atoms with Crippen LogP contribution in [0.15, 0.2) is 21.9 Å². The molecule has 0 aromatic carbocycles. The number of ether oxygens (including phenoxy) is 2. The second-order valence-corrected chi connectivity index (χ2v) is 4.88. The quantitative estimate of drug-likeness (QED) is 0.811. The first kappa shape index (κ1) is 15.4. The molecule has 1 N–H and O–H groups in total. The second kappa shape index (κ2) is 6.21. The summed E-state index contributed by atoms with van der Waals surface area (Å²) in [5.74, 6) is -1.23. The summed E-state index contributed by atoms with van der Waals surface area (Å²) >= 11 is 0. The highest BCUT2D eigenvalue weighted by Gasteiger charge is 2.47. The molecule has 21 heavy (non-hydrogen) atoms. The fourth-order valence-corrected chi connectivity index (χ4v) is 2.56. The van der Waals surface area contributed by atoms with Gasteiger partial charge in [-0.1, -0.05) is 6.92 Å². The Balaban J connectivity index is 2.41. The summed E-state index contributed by atoms with van der Waals surface area (Å²) in [6.07, 6.45) is -0.579. The van der Waals surface area contributed by atoms with Gasteiger partial charge in [0, 0.05) is 19.2 Å². The van der Waals surface area contributed by atoms with E-state index in [2.05, 4.69) is 4.98 Å². The fourth-order valence-electron chi connectivity index (χ4n) is 2.56. The molecule has 7 nitrogen and oxygen atoms in total. The van der Waals surface area contributed by atoms with Crippen molar-refractivity contribution in [2.75, 3.05) is 6.67 Å². The van der Waals surface area contributed by atoms with E-state index in [-0.39, 0.29) is 0 Å². The number of hydrogen-bond acceptors (Lipinski definition) is 5. The Labute approximate surface area is 119 Å². The van der Waals surface area contributed by atoms with E-state index in [0.717, 1.165) is 10.6 Å². The topological polar surface area (TPSA) is 90.4 Å². The highest BCUT2D eigenvalue weighted by molar-refractivity contribution is 5.66. The van der Waals surface area contributed by atoms with Crippen LogP contribution in [0.4, 0.5) is 4.39 Å². The lowest BCUT2D eigenvalue weighted by molar-refractivity contribution is -0.154. The molecule has 4 atom stereocenters. The van der Waals surface area contributed by atoms with Crippen LogP contribution in [-0.2, 0) is 14.3 Å². The Hall–Kier alpha value is -1.96. The van der Waals surface area contributed by atoms with Crippen molar-refractivity contribution in [2.24, 2.45) is 5.92 Å². The number of hydrogen-bond donors (Lipinski definition) is 1. The van der Waals surface area contributed by atoms with E-state index in [1.165, 1.54) is 13.1 Å². The Kier molecular flexibility index (Phi) is 4.56. The van der Waals surface area contributed by atoms with Crippen LogP contribution in [-0.4, -0.2) is 34.4 Å². The zero-order valence-corrected chi connectivity index (χ0v) is 11.7. The van der Waals surface area contributed by atoms with Gasteiger partial charge in [-0.3, -0.25) is 23.5 Å². The van der Waals surface area contributed by atoms with Crippen LogP contribution in [0.2, 0.25) is 0 Å².